The highest BCUT2D eigenvalue weighted by Gasteiger charge is 2.40. The van der Waals surface area contributed by atoms with Crippen molar-refractivity contribution in [2.24, 2.45) is 5.92 Å². The highest BCUT2D eigenvalue weighted by molar-refractivity contribution is 6.30. The molecule has 2 aliphatic rings. The zero-order valence-electron chi connectivity index (χ0n) is 11.4. The summed E-state index contributed by atoms with van der Waals surface area (Å²) in [5.41, 5.74) is 1.18. The average molecular weight is 280 g/mol. The van der Waals surface area contributed by atoms with Gasteiger partial charge < -0.3 is 10.0 Å². The first-order valence-electron chi connectivity index (χ1n) is 7.28. The van der Waals surface area contributed by atoms with E-state index in [1.165, 1.54) is 18.4 Å². The molecule has 104 valence electrons. The summed E-state index contributed by atoms with van der Waals surface area (Å²) in [6.45, 7) is 0. The van der Waals surface area contributed by atoms with E-state index in [1.54, 1.807) is 0 Å². The van der Waals surface area contributed by atoms with E-state index in [9.17, 15) is 5.11 Å². The monoisotopic (exact) mass is 279 g/mol. The van der Waals surface area contributed by atoms with Gasteiger partial charge in [0.15, 0.2) is 0 Å². The van der Waals surface area contributed by atoms with Crippen molar-refractivity contribution >= 4 is 11.6 Å². The topological polar surface area (TPSA) is 23.5 Å². The van der Waals surface area contributed by atoms with E-state index in [4.69, 9.17) is 11.6 Å². The zero-order valence-corrected chi connectivity index (χ0v) is 12.2. The first kappa shape index (κ1) is 13.4. The Hall–Kier alpha value is -0.570. The number of rotatable bonds is 3. The van der Waals surface area contributed by atoms with Gasteiger partial charge in [-0.3, -0.25) is 0 Å². The molecule has 0 amide bonds. The number of hydrogen-bond acceptors (Lipinski definition) is 2. The molecule has 2 heterocycles. The van der Waals surface area contributed by atoms with E-state index < -0.39 is 0 Å². The van der Waals surface area contributed by atoms with Crippen molar-refractivity contribution < 1.29 is 5.11 Å². The van der Waals surface area contributed by atoms with Gasteiger partial charge in [-0.25, -0.2) is 0 Å². The molecule has 0 aromatic heterocycles. The van der Waals surface area contributed by atoms with Crippen LogP contribution in [-0.4, -0.2) is 35.2 Å². The molecule has 2 fully saturated rings. The summed E-state index contributed by atoms with van der Waals surface area (Å²) in [6.07, 6.45) is 5.48. The molecule has 1 N–H and O–H groups in total. The first-order chi connectivity index (χ1) is 9.13. The number of halogens is 1. The molecule has 2 saturated heterocycles. The summed E-state index contributed by atoms with van der Waals surface area (Å²) >= 11 is 5.89. The van der Waals surface area contributed by atoms with Gasteiger partial charge in [-0.2, -0.15) is 0 Å². The molecule has 1 aromatic rings. The number of nitrogens with zero attached hydrogens (tertiary/aromatic N) is 1. The quantitative estimate of drug-likeness (QED) is 0.919. The third kappa shape index (κ3) is 2.81. The van der Waals surface area contributed by atoms with E-state index >= 15 is 0 Å². The molecule has 2 bridgehead atoms. The normalized spacial score (nSPS) is 32.5. The second-order valence-corrected chi connectivity index (χ2v) is 6.62. The molecule has 0 aliphatic carbocycles. The Morgan fingerprint density at radius 3 is 2.37 bits per heavy atom. The second-order valence-electron chi connectivity index (χ2n) is 6.18. The minimum atomic E-state index is -0.210. The van der Waals surface area contributed by atoms with E-state index in [2.05, 4.69) is 11.9 Å². The molecule has 3 rings (SSSR count). The summed E-state index contributed by atoms with van der Waals surface area (Å²) in [5.74, 6) is 0.462. The van der Waals surface area contributed by atoms with Crippen LogP contribution in [0.3, 0.4) is 0 Å². The minimum Gasteiger partial charge on any atom is -0.392 e. The lowest BCUT2D eigenvalue weighted by atomic mass is 9.84. The predicted molar refractivity (Wildman–Crippen MR) is 78.5 cm³/mol. The Bertz CT molecular complexity index is 419. The largest absolute Gasteiger partial charge is 0.392 e. The molecule has 2 nitrogen and oxygen atoms in total. The summed E-state index contributed by atoms with van der Waals surface area (Å²) < 4.78 is 0. The van der Waals surface area contributed by atoms with Crippen LogP contribution in [0.4, 0.5) is 0 Å². The summed E-state index contributed by atoms with van der Waals surface area (Å²) in [6, 6.07) is 9.25. The smallest absolute Gasteiger partial charge is 0.0609 e. The van der Waals surface area contributed by atoms with Crippen LogP contribution in [0.5, 0.6) is 0 Å². The van der Waals surface area contributed by atoms with Gasteiger partial charge in [-0.15, -0.1) is 0 Å². The fourth-order valence-electron chi connectivity index (χ4n) is 3.80. The molecule has 1 aromatic carbocycles. The third-order valence-corrected chi connectivity index (χ3v) is 5.29. The fourth-order valence-corrected chi connectivity index (χ4v) is 3.92. The number of piperidine rings is 1. The maximum Gasteiger partial charge on any atom is 0.0609 e. The Balaban J connectivity index is 1.62. The summed E-state index contributed by atoms with van der Waals surface area (Å²) in [4.78, 5) is 2.52. The second kappa shape index (κ2) is 5.43. The van der Waals surface area contributed by atoms with Gasteiger partial charge in [0.2, 0.25) is 0 Å². The number of benzene rings is 1. The van der Waals surface area contributed by atoms with Gasteiger partial charge in [0.05, 0.1) is 6.10 Å². The Morgan fingerprint density at radius 2 is 1.79 bits per heavy atom. The van der Waals surface area contributed by atoms with Crippen molar-refractivity contribution in [2.45, 2.75) is 50.3 Å². The van der Waals surface area contributed by atoms with Crippen molar-refractivity contribution in [3.63, 3.8) is 0 Å². The van der Waals surface area contributed by atoms with Crippen LogP contribution < -0.4 is 0 Å². The minimum absolute atomic E-state index is 0.210. The first-order valence-corrected chi connectivity index (χ1v) is 7.65. The van der Waals surface area contributed by atoms with Crippen molar-refractivity contribution in [2.75, 3.05) is 7.05 Å². The van der Waals surface area contributed by atoms with Gasteiger partial charge in [0.25, 0.3) is 0 Å². The lowest BCUT2D eigenvalue weighted by Gasteiger charge is -2.38. The highest BCUT2D eigenvalue weighted by atomic mass is 35.5. The van der Waals surface area contributed by atoms with Crippen molar-refractivity contribution in [3.05, 3.63) is 34.9 Å². The number of aliphatic hydroxyl groups is 1. The van der Waals surface area contributed by atoms with E-state index in [0.717, 1.165) is 24.3 Å². The van der Waals surface area contributed by atoms with Gasteiger partial charge in [-0.1, -0.05) is 23.7 Å². The molecule has 19 heavy (non-hydrogen) atoms. The summed E-state index contributed by atoms with van der Waals surface area (Å²) in [7, 11) is 2.24. The fraction of sp³-hybridized carbons (Fsp3) is 0.625. The Labute approximate surface area is 120 Å². The van der Waals surface area contributed by atoms with Crippen LogP contribution in [0.25, 0.3) is 0 Å². The molecule has 2 aliphatic heterocycles. The summed E-state index contributed by atoms with van der Waals surface area (Å²) in [5, 5.41) is 11.3. The average Bonchev–Trinajstić information content (AvgIpc) is 2.64. The Morgan fingerprint density at radius 1 is 1.21 bits per heavy atom. The maximum absolute atomic E-state index is 10.5. The standard InChI is InChI=1S/C16H22ClNO/c1-18-14-6-7-15(18)10-12(9-14)16(19)8-11-2-4-13(17)5-3-11/h2-5,12,14-16,19H,6-10H2,1H3. The van der Waals surface area contributed by atoms with Crippen LogP contribution in [0.15, 0.2) is 24.3 Å². The third-order valence-electron chi connectivity index (χ3n) is 5.04. The lowest BCUT2D eigenvalue weighted by molar-refractivity contribution is 0.0368. The van der Waals surface area contributed by atoms with E-state index in [-0.39, 0.29) is 6.10 Å². The zero-order chi connectivity index (χ0) is 13.4. The maximum atomic E-state index is 10.5. The van der Waals surface area contributed by atoms with Crippen LogP contribution >= 0.6 is 11.6 Å². The van der Waals surface area contributed by atoms with Crippen LogP contribution in [0, 0.1) is 5.92 Å². The molecular formula is C16H22ClNO. The molecule has 3 heteroatoms. The molecule has 3 atom stereocenters. The molecule has 3 unspecified atom stereocenters. The van der Waals surface area contributed by atoms with Gasteiger partial charge in [-0.05, 0) is 62.8 Å². The SMILES string of the molecule is CN1C2CCC1CC(C(O)Cc1ccc(Cl)cc1)C2. The van der Waals surface area contributed by atoms with Gasteiger partial charge in [0.1, 0.15) is 0 Å². The van der Waals surface area contributed by atoms with Crippen LogP contribution in [-0.2, 0) is 6.42 Å². The number of aliphatic hydroxyl groups excluding tert-OH is 1. The molecule has 0 radical (unpaired) electrons. The van der Waals surface area contributed by atoms with Crippen molar-refractivity contribution in [3.8, 4) is 0 Å². The van der Waals surface area contributed by atoms with Gasteiger partial charge in [0, 0.05) is 17.1 Å². The molecule has 0 spiro atoms. The van der Waals surface area contributed by atoms with E-state index in [1.807, 2.05) is 24.3 Å². The highest BCUT2D eigenvalue weighted by Crippen LogP contribution is 2.39. The van der Waals surface area contributed by atoms with Crippen LogP contribution in [0.2, 0.25) is 5.02 Å². The number of fused-ring (bicyclic) bond motifs is 2. The molecular weight excluding hydrogens is 258 g/mol. The van der Waals surface area contributed by atoms with Crippen LogP contribution in [0.1, 0.15) is 31.2 Å². The number of hydrogen-bond donors (Lipinski definition) is 1. The van der Waals surface area contributed by atoms with Crippen molar-refractivity contribution in [1.29, 1.82) is 0 Å². The van der Waals surface area contributed by atoms with Gasteiger partial charge >= 0.3 is 0 Å². The lowest BCUT2D eigenvalue weighted by Crippen LogP contribution is -2.43. The van der Waals surface area contributed by atoms with E-state index in [0.29, 0.717) is 18.0 Å². The predicted octanol–water partition coefficient (Wildman–Crippen LogP) is 3.12. The molecule has 0 saturated carbocycles. The Kier molecular flexibility index (Phi) is 3.84. The van der Waals surface area contributed by atoms with Crippen molar-refractivity contribution in [1.82, 2.24) is 4.90 Å².